The van der Waals surface area contributed by atoms with Crippen LogP contribution in [-0.2, 0) is 9.47 Å². The summed E-state index contributed by atoms with van der Waals surface area (Å²) in [6, 6.07) is 0.292. The molecule has 1 N–H and O–H groups in total. The molecule has 4 nitrogen and oxygen atoms in total. The van der Waals surface area contributed by atoms with Gasteiger partial charge in [0.1, 0.15) is 6.61 Å². The summed E-state index contributed by atoms with van der Waals surface area (Å²) in [6.07, 6.45) is 13.3. The number of allylic oxidation sites excluding steroid dienone is 1. The van der Waals surface area contributed by atoms with E-state index in [0.717, 1.165) is 19.3 Å². The van der Waals surface area contributed by atoms with E-state index in [1.807, 2.05) is 0 Å². The van der Waals surface area contributed by atoms with Crippen molar-refractivity contribution in [1.82, 2.24) is 5.32 Å². The molecule has 3 rings (SSSR count). The van der Waals surface area contributed by atoms with Crippen LogP contribution in [0, 0.1) is 23.2 Å². The second-order valence-electron chi connectivity index (χ2n) is 9.65. The zero-order valence-electron chi connectivity index (χ0n) is 18.5. The van der Waals surface area contributed by atoms with E-state index in [-0.39, 0.29) is 11.5 Å². The van der Waals surface area contributed by atoms with Crippen molar-refractivity contribution < 1.29 is 14.3 Å². The van der Waals surface area contributed by atoms with Crippen LogP contribution in [0.25, 0.3) is 0 Å². The van der Waals surface area contributed by atoms with Crippen LogP contribution in [0.15, 0.2) is 11.6 Å². The summed E-state index contributed by atoms with van der Waals surface area (Å²) >= 11 is 0. The fraction of sp³-hybridized carbons (Fsp3) is 0.875. The normalized spacial score (nSPS) is 35.9. The first kappa shape index (κ1) is 21.7. The van der Waals surface area contributed by atoms with Crippen molar-refractivity contribution in [3.05, 3.63) is 11.6 Å². The van der Waals surface area contributed by atoms with Gasteiger partial charge in [0.2, 0.25) is 0 Å². The molecule has 0 spiro atoms. The van der Waals surface area contributed by atoms with Crippen molar-refractivity contribution in [3.63, 3.8) is 0 Å². The number of rotatable bonds is 7. The number of fused-ring (bicyclic) bond motifs is 2. The second kappa shape index (κ2) is 9.65. The third-order valence-electron chi connectivity index (χ3n) is 7.85. The van der Waals surface area contributed by atoms with Crippen LogP contribution in [0.1, 0.15) is 85.5 Å². The third kappa shape index (κ3) is 4.58. The topological polar surface area (TPSA) is 47.6 Å². The summed E-state index contributed by atoms with van der Waals surface area (Å²) < 4.78 is 12.2. The maximum atomic E-state index is 12.4. The molecule has 2 aliphatic carbocycles. The van der Waals surface area contributed by atoms with Crippen molar-refractivity contribution in [3.8, 4) is 0 Å². The molecule has 160 valence electrons. The van der Waals surface area contributed by atoms with Gasteiger partial charge >= 0.3 is 6.09 Å². The molecule has 1 aliphatic heterocycles. The Bertz CT molecular complexity index is 554. The molecule has 4 heteroatoms. The zero-order valence-corrected chi connectivity index (χ0v) is 18.5. The maximum absolute atomic E-state index is 12.4. The van der Waals surface area contributed by atoms with Gasteiger partial charge in [-0.25, -0.2) is 4.79 Å². The van der Waals surface area contributed by atoms with E-state index in [9.17, 15) is 4.79 Å². The number of alkyl carbamates (subject to hydrolysis) is 1. The standard InChI is InChI=1S/C24H41NO3/c1-5-6-8-13-21-22-17(2)14-18(3)24(15-27-21,19(22)4)16-28-23(26)25-20-11-9-7-10-12-20/h14,18-22H,5-13,15-16H2,1-4H3,(H,25,26)/t18-,19+,21+,22-,24+/m0/s1. The van der Waals surface area contributed by atoms with Crippen molar-refractivity contribution in [2.45, 2.75) is 97.6 Å². The molecule has 0 radical (unpaired) electrons. The van der Waals surface area contributed by atoms with Crippen LogP contribution >= 0.6 is 0 Å². The van der Waals surface area contributed by atoms with E-state index < -0.39 is 0 Å². The minimum atomic E-state index is -0.242. The molecule has 3 aliphatic rings. The first-order valence-electron chi connectivity index (χ1n) is 11.7. The quantitative estimate of drug-likeness (QED) is 0.437. The average molecular weight is 392 g/mol. The lowest BCUT2D eigenvalue weighted by atomic mass is 9.56. The van der Waals surface area contributed by atoms with Gasteiger partial charge in [-0.15, -0.1) is 0 Å². The first-order valence-corrected chi connectivity index (χ1v) is 11.7. The Balaban J connectivity index is 1.62. The molecule has 0 aromatic heterocycles. The van der Waals surface area contributed by atoms with Gasteiger partial charge in [-0.2, -0.15) is 0 Å². The van der Waals surface area contributed by atoms with E-state index in [1.165, 1.54) is 44.1 Å². The van der Waals surface area contributed by atoms with Crippen LogP contribution < -0.4 is 5.32 Å². The molecule has 2 bridgehead atoms. The number of amides is 1. The highest BCUT2D eigenvalue weighted by Crippen LogP contribution is 2.53. The van der Waals surface area contributed by atoms with Crippen molar-refractivity contribution >= 4 is 6.09 Å². The Morgan fingerprint density at radius 2 is 2.00 bits per heavy atom. The molecule has 1 heterocycles. The fourth-order valence-electron chi connectivity index (χ4n) is 5.90. The lowest BCUT2D eigenvalue weighted by Crippen LogP contribution is -2.57. The highest BCUT2D eigenvalue weighted by molar-refractivity contribution is 5.67. The predicted molar refractivity (Wildman–Crippen MR) is 113 cm³/mol. The number of ether oxygens (including phenoxy) is 2. The summed E-state index contributed by atoms with van der Waals surface area (Å²) in [4.78, 5) is 12.4. The Labute approximate surface area is 171 Å². The van der Waals surface area contributed by atoms with Crippen LogP contribution in [0.4, 0.5) is 4.79 Å². The smallest absolute Gasteiger partial charge is 0.407 e. The monoisotopic (exact) mass is 391 g/mol. The number of hydrogen-bond acceptors (Lipinski definition) is 3. The third-order valence-corrected chi connectivity index (χ3v) is 7.85. The molecule has 0 aromatic carbocycles. The van der Waals surface area contributed by atoms with Crippen LogP contribution in [-0.4, -0.2) is 31.5 Å². The number of unbranched alkanes of at least 4 members (excludes halogenated alkanes) is 2. The molecule has 0 aromatic rings. The molecule has 28 heavy (non-hydrogen) atoms. The molecule has 5 atom stereocenters. The van der Waals surface area contributed by atoms with Gasteiger partial charge in [-0.3, -0.25) is 0 Å². The molecular formula is C24H41NO3. The van der Waals surface area contributed by atoms with Crippen molar-refractivity contribution in [1.29, 1.82) is 0 Å². The SMILES string of the molecule is CCCCC[C@H]1OC[C@]2(COC(=O)NC3CCCCC3)[C@H](C)[C@@H]1C(C)=C[C@@H]2C. The molecular weight excluding hydrogens is 350 g/mol. The van der Waals surface area contributed by atoms with Gasteiger partial charge in [-0.05, 0) is 38.0 Å². The van der Waals surface area contributed by atoms with Gasteiger partial charge in [0.15, 0.2) is 0 Å². The van der Waals surface area contributed by atoms with Crippen molar-refractivity contribution in [2.24, 2.45) is 23.2 Å². The summed E-state index contributed by atoms with van der Waals surface area (Å²) in [5.74, 6) is 1.28. The summed E-state index contributed by atoms with van der Waals surface area (Å²) in [5, 5.41) is 3.09. The van der Waals surface area contributed by atoms with Gasteiger partial charge in [-0.1, -0.05) is 70.9 Å². The summed E-state index contributed by atoms with van der Waals surface area (Å²) in [6.45, 7) is 10.3. The predicted octanol–water partition coefficient (Wildman–Crippen LogP) is 5.86. The van der Waals surface area contributed by atoms with E-state index >= 15 is 0 Å². The summed E-state index contributed by atoms with van der Waals surface area (Å²) in [5.41, 5.74) is 1.36. The van der Waals surface area contributed by atoms with Gasteiger partial charge in [0.05, 0.1) is 12.7 Å². The lowest BCUT2D eigenvalue weighted by Gasteiger charge is -2.55. The van der Waals surface area contributed by atoms with E-state index in [1.54, 1.807) is 0 Å². The Kier molecular flexibility index (Phi) is 7.47. The average Bonchev–Trinajstić information content (AvgIpc) is 2.67. The van der Waals surface area contributed by atoms with Gasteiger partial charge in [0, 0.05) is 17.4 Å². The molecule has 0 unspecified atom stereocenters. The lowest BCUT2D eigenvalue weighted by molar-refractivity contribution is -0.165. The Morgan fingerprint density at radius 3 is 2.71 bits per heavy atom. The van der Waals surface area contributed by atoms with Crippen LogP contribution in [0.2, 0.25) is 0 Å². The number of carbonyl (C=O) groups excluding carboxylic acids is 1. The Hall–Kier alpha value is -1.03. The number of hydrogen-bond donors (Lipinski definition) is 1. The Morgan fingerprint density at radius 1 is 1.25 bits per heavy atom. The fourth-order valence-corrected chi connectivity index (χ4v) is 5.90. The van der Waals surface area contributed by atoms with Crippen LogP contribution in [0.3, 0.4) is 0 Å². The van der Waals surface area contributed by atoms with E-state index in [2.05, 4.69) is 39.1 Å². The second-order valence-corrected chi connectivity index (χ2v) is 9.65. The van der Waals surface area contributed by atoms with Gasteiger partial charge < -0.3 is 14.8 Å². The van der Waals surface area contributed by atoms with Crippen LogP contribution in [0.5, 0.6) is 0 Å². The minimum Gasteiger partial charge on any atom is -0.449 e. The van der Waals surface area contributed by atoms with Crippen molar-refractivity contribution in [2.75, 3.05) is 13.2 Å². The number of carbonyl (C=O) groups is 1. The van der Waals surface area contributed by atoms with E-state index in [0.29, 0.717) is 43.1 Å². The molecule has 1 amide bonds. The highest BCUT2D eigenvalue weighted by Gasteiger charge is 2.53. The zero-order chi connectivity index (χ0) is 20.1. The minimum absolute atomic E-state index is 0.102. The molecule has 2 fully saturated rings. The maximum Gasteiger partial charge on any atom is 0.407 e. The highest BCUT2D eigenvalue weighted by atomic mass is 16.6. The first-order chi connectivity index (χ1) is 13.5. The van der Waals surface area contributed by atoms with Gasteiger partial charge in [0.25, 0.3) is 0 Å². The molecule has 1 saturated carbocycles. The number of nitrogens with one attached hydrogen (secondary N) is 1. The molecule has 1 saturated heterocycles. The largest absolute Gasteiger partial charge is 0.449 e. The summed E-state index contributed by atoms with van der Waals surface area (Å²) in [7, 11) is 0. The van der Waals surface area contributed by atoms with E-state index in [4.69, 9.17) is 9.47 Å².